The van der Waals surface area contributed by atoms with E-state index in [0.717, 1.165) is 13.1 Å². The lowest BCUT2D eigenvalue weighted by Crippen LogP contribution is -2.30. The highest BCUT2D eigenvalue weighted by Crippen LogP contribution is 2.33. The standard InChI is InChI=1S/C16H26N2/c1-16(2,3)12-18(4)10-9-13-11-17-15-8-6-5-7-14(13)15/h5-8,13,17H,9-12H2,1-4H3. The zero-order valence-corrected chi connectivity index (χ0v) is 12.2. The highest BCUT2D eigenvalue weighted by Gasteiger charge is 2.22. The Bertz CT molecular complexity index is 392. The van der Waals surface area contributed by atoms with Gasteiger partial charge in [-0.1, -0.05) is 39.0 Å². The van der Waals surface area contributed by atoms with Gasteiger partial charge in [-0.3, -0.25) is 0 Å². The van der Waals surface area contributed by atoms with Gasteiger partial charge in [-0.15, -0.1) is 0 Å². The van der Waals surface area contributed by atoms with E-state index in [0.29, 0.717) is 11.3 Å². The van der Waals surface area contributed by atoms with Crippen LogP contribution in [-0.4, -0.2) is 31.6 Å². The van der Waals surface area contributed by atoms with Crippen molar-refractivity contribution in [3.05, 3.63) is 29.8 Å². The van der Waals surface area contributed by atoms with E-state index in [9.17, 15) is 0 Å². The molecule has 1 aromatic carbocycles. The quantitative estimate of drug-likeness (QED) is 0.874. The predicted octanol–water partition coefficient (Wildman–Crippen LogP) is 3.56. The number of hydrogen-bond donors (Lipinski definition) is 1. The maximum absolute atomic E-state index is 3.50. The predicted molar refractivity (Wildman–Crippen MR) is 79.2 cm³/mol. The van der Waals surface area contributed by atoms with E-state index in [1.165, 1.54) is 24.2 Å². The summed E-state index contributed by atoms with van der Waals surface area (Å²) in [6, 6.07) is 8.72. The van der Waals surface area contributed by atoms with Crippen LogP contribution in [0, 0.1) is 5.41 Å². The van der Waals surface area contributed by atoms with Crippen LogP contribution in [0.5, 0.6) is 0 Å². The summed E-state index contributed by atoms with van der Waals surface area (Å²) < 4.78 is 0. The van der Waals surface area contributed by atoms with Crippen molar-refractivity contribution in [3.63, 3.8) is 0 Å². The minimum atomic E-state index is 0.389. The molecular formula is C16H26N2. The van der Waals surface area contributed by atoms with Crippen LogP contribution < -0.4 is 5.32 Å². The molecule has 2 nitrogen and oxygen atoms in total. The van der Waals surface area contributed by atoms with Gasteiger partial charge in [-0.2, -0.15) is 0 Å². The fourth-order valence-corrected chi connectivity index (χ4v) is 2.88. The first-order valence-corrected chi connectivity index (χ1v) is 6.97. The maximum atomic E-state index is 3.50. The van der Waals surface area contributed by atoms with Crippen molar-refractivity contribution in [1.82, 2.24) is 4.90 Å². The van der Waals surface area contributed by atoms with Gasteiger partial charge in [-0.05, 0) is 37.1 Å². The molecule has 1 unspecified atom stereocenters. The molecule has 0 radical (unpaired) electrons. The van der Waals surface area contributed by atoms with Gasteiger partial charge in [-0.25, -0.2) is 0 Å². The first-order chi connectivity index (χ1) is 8.46. The number of benzene rings is 1. The molecule has 0 bridgehead atoms. The van der Waals surface area contributed by atoms with Crippen LogP contribution in [0.1, 0.15) is 38.7 Å². The van der Waals surface area contributed by atoms with Crippen LogP contribution in [-0.2, 0) is 0 Å². The van der Waals surface area contributed by atoms with Crippen molar-refractivity contribution in [2.75, 3.05) is 32.0 Å². The summed E-state index contributed by atoms with van der Waals surface area (Å²) in [4.78, 5) is 2.46. The van der Waals surface area contributed by atoms with Crippen molar-refractivity contribution in [2.24, 2.45) is 5.41 Å². The second-order valence-electron chi connectivity index (χ2n) is 6.75. The van der Waals surface area contributed by atoms with Gasteiger partial charge in [0.15, 0.2) is 0 Å². The third kappa shape index (κ3) is 3.49. The molecule has 18 heavy (non-hydrogen) atoms. The fraction of sp³-hybridized carbons (Fsp3) is 0.625. The molecule has 1 aliphatic heterocycles. The van der Waals surface area contributed by atoms with Crippen molar-refractivity contribution < 1.29 is 0 Å². The molecule has 2 heteroatoms. The van der Waals surface area contributed by atoms with Gasteiger partial charge in [0.2, 0.25) is 0 Å². The van der Waals surface area contributed by atoms with Crippen molar-refractivity contribution in [1.29, 1.82) is 0 Å². The largest absolute Gasteiger partial charge is 0.384 e. The Morgan fingerprint density at radius 3 is 2.72 bits per heavy atom. The first kappa shape index (κ1) is 13.4. The highest BCUT2D eigenvalue weighted by atomic mass is 15.1. The Morgan fingerprint density at radius 2 is 2.00 bits per heavy atom. The SMILES string of the molecule is CN(CCC1CNc2ccccc21)CC(C)(C)C. The number of para-hydroxylation sites is 1. The summed E-state index contributed by atoms with van der Waals surface area (Å²) in [7, 11) is 2.24. The normalized spacial score (nSPS) is 18.8. The van der Waals surface area contributed by atoms with Crippen LogP contribution in [0.2, 0.25) is 0 Å². The number of nitrogens with one attached hydrogen (secondary N) is 1. The van der Waals surface area contributed by atoms with E-state index >= 15 is 0 Å². The number of fused-ring (bicyclic) bond motifs is 1. The van der Waals surface area contributed by atoms with Crippen LogP contribution >= 0.6 is 0 Å². The summed E-state index contributed by atoms with van der Waals surface area (Å²) in [6.07, 6.45) is 1.25. The Morgan fingerprint density at radius 1 is 1.28 bits per heavy atom. The molecule has 0 amide bonds. The second-order valence-corrected chi connectivity index (χ2v) is 6.75. The summed E-state index contributed by atoms with van der Waals surface area (Å²) >= 11 is 0. The third-order valence-corrected chi connectivity index (χ3v) is 3.54. The lowest BCUT2D eigenvalue weighted by Gasteiger charge is -2.27. The topological polar surface area (TPSA) is 15.3 Å². The minimum Gasteiger partial charge on any atom is -0.384 e. The molecule has 1 aromatic rings. The van der Waals surface area contributed by atoms with Crippen LogP contribution in [0.3, 0.4) is 0 Å². The molecule has 0 fully saturated rings. The first-order valence-electron chi connectivity index (χ1n) is 6.97. The van der Waals surface area contributed by atoms with E-state index in [1.54, 1.807) is 0 Å². The Labute approximate surface area is 111 Å². The second kappa shape index (κ2) is 5.31. The molecule has 1 atom stereocenters. The molecule has 100 valence electrons. The molecule has 1 heterocycles. The van der Waals surface area contributed by atoms with Crippen molar-refractivity contribution in [2.45, 2.75) is 33.1 Å². The van der Waals surface area contributed by atoms with Crippen LogP contribution in [0.25, 0.3) is 0 Å². The van der Waals surface area contributed by atoms with Crippen molar-refractivity contribution in [3.8, 4) is 0 Å². The molecule has 0 aliphatic carbocycles. The van der Waals surface area contributed by atoms with Gasteiger partial charge >= 0.3 is 0 Å². The van der Waals surface area contributed by atoms with Gasteiger partial charge in [0.1, 0.15) is 0 Å². The smallest absolute Gasteiger partial charge is 0.0376 e. The van der Waals surface area contributed by atoms with E-state index in [2.05, 4.69) is 62.3 Å². The molecule has 0 saturated heterocycles. The molecule has 2 rings (SSSR count). The molecule has 1 N–H and O–H groups in total. The van der Waals surface area contributed by atoms with Gasteiger partial charge in [0.05, 0.1) is 0 Å². The van der Waals surface area contributed by atoms with E-state index in [4.69, 9.17) is 0 Å². The lowest BCUT2D eigenvalue weighted by atomic mass is 9.95. The average molecular weight is 246 g/mol. The van der Waals surface area contributed by atoms with E-state index < -0.39 is 0 Å². The highest BCUT2D eigenvalue weighted by molar-refractivity contribution is 5.57. The summed E-state index contributed by atoms with van der Waals surface area (Å²) in [6.45, 7) is 10.3. The summed E-state index contributed by atoms with van der Waals surface area (Å²) in [5.74, 6) is 0.684. The lowest BCUT2D eigenvalue weighted by molar-refractivity contribution is 0.222. The molecular weight excluding hydrogens is 220 g/mol. The summed E-state index contributed by atoms with van der Waals surface area (Å²) in [5.41, 5.74) is 3.23. The Balaban J connectivity index is 1.85. The van der Waals surface area contributed by atoms with Crippen molar-refractivity contribution >= 4 is 5.69 Å². The minimum absolute atomic E-state index is 0.389. The van der Waals surface area contributed by atoms with E-state index in [1.807, 2.05) is 0 Å². The van der Waals surface area contributed by atoms with E-state index in [-0.39, 0.29) is 0 Å². The Hall–Kier alpha value is -1.02. The number of nitrogens with zero attached hydrogens (tertiary/aromatic N) is 1. The van der Waals surface area contributed by atoms with Gasteiger partial charge in [0.25, 0.3) is 0 Å². The number of rotatable bonds is 4. The third-order valence-electron chi connectivity index (χ3n) is 3.54. The average Bonchev–Trinajstić information content (AvgIpc) is 2.67. The molecule has 1 aliphatic rings. The van der Waals surface area contributed by atoms with Gasteiger partial charge < -0.3 is 10.2 Å². The Kier molecular flexibility index (Phi) is 3.96. The molecule has 0 saturated carbocycles. The van der Waals surface area contributed by atoms with Crippen LogP contribution in [0.15, 0.2) is 24.3 Å². The fourth-order valence-electron chi connectivity index (χ4n) is 2.88. The monoisotopic (exact) mass is 246 g/mol. The number of hydrogen-bond acceptors (Lipinski definition) is 2. The summed E-state index contributed by atoms with van der Waals surface area (Å²) in [5, 5.41) is 3.50. The molecule has 0 aromatic heterocycles. The van der Waals surface area contributed by atoms with Gasteiger partial charge in [0, 0.05) is 24.7 Å². The zero-order chi connectivity index (χ0) is 13.2. The maximum Gasteiger partial charge on any atom is 0.0376 e. The molecule has 0 spiro atoms. The zero-order valence-electron chi connectivity index (χ0n) is 12.2. The van der Waals surface area contributed by atoms with Crippen LogP contribution in [0.4, 0.5) is 5.69 Å². The number of anilines is 1.